The Morgan fingerprint density at radius 3 is 1.82 bits per heavy atom. The normalized spacial score (nSPS) is 11.6. The molecule has 9 aromatic rings. The van der Waals surface area contributed by atoms with Gasteiger partial charge in [-0.25, -0.2) is 14.8 Å². The van der Waals surface area contributed by atoms with Crippen molar-refractivity contribution in [1.29, 1.82) is 0 Å². The first-order valence-electron chi connectivity index (χ1n) is 16.2. The second-order valence-electron chi connectivity index (χ2n) is 12.4. The molecule has 0 N–H and O–H groups in total. The lowest BCUT2D eigenvalue weighted by Gasteiger charge is -2.11. The zero-order valence-electron chi connectivity index (χ0n) is 27.0. The number of benzene rings is 6. The Morgan fingerprint density at radius 2 is 1.08 bits per heavy atom. The fraction of sp³-hybridized carbons (Fsp3) is 0.0465. The van der Waals surface area contributed by atoms with Crippen molar-refractivity contribution in [3.05, 3.63) is 156 Å². The molecule has 3 aromatic heterocycles. The molecule has 0 saturated heterocycles. The van der Waals surface area contributed by atoms with Crippen molar-refractivity contribution in [2.24, 2.45) is 14.1 Å². The molecule has 0 aliphatic heterocycles. The zero-order chi connectivity index (χ0) is 33.1. The van der Waals surface area contributed by atoms with E-state index in [1.165, 1.54) is 31.3 Å². The topological polar surface area (TPSA) is 52.7 Å². The SMILES string of the molecule is Cn1c(=O)n(C)c2cc(-c3ccc(-c4cc(-c5ccc(-c6cccc7sc8ccccc8c67)cc5)nc(-c5ccccc5)n4)cc3)ccc21. The molecule has 0 radical (unpaired) electrons. The minimum Gasteiger partial charge on any atom is -0.295 e. The predicted octanol–water partition coefficient (Wildman–Crippen LogP) is 10.4. The van der Waals surface area contributed by atoms with Gasteiger partial charge in [-0.15, -0.1) is 11.3 Å². The van der Waals surface area contributed by atoms with Crippen LogP contribution in [0.15, 0.2) is 150 Å². The highest BCUT2D eigenvalue weighted by atomic mass is 32.1. The van der Waals surface area contributed by atoms with Gasteiger partial charge < -0.3 is 0 Å². The number of thiophene rings is 1. The highest BCUT2D eigenvalue weighted by Gasteiger charge is 2.14. The summed E-state index contributed by atoms with van der Waals surface area (Å²) in [6, 6.07) is 50.8. The van der Waals surface area contributed by atoms with Crippen LogP contribution >= 0.6 is 11.3 Å². The van der Waals surface area contributed by atoms with Crippen molar-refractivity contribution in [3.8, 4) is 56.2 Å². The molecule has 0 aliphatic carbocycles. The van der Waals surface area contributed by atoms with E-state index in [1.807, 2.05) is 54.8 Å². The Morgan fingerprint density at radius 1 is 0.490 bits per heavy atom. The van der Waals surface area contributed by atoms with Gasteiger partial charge >= 0.3 is 5.69 Å². The summed E-state index contributed by atoms with van der Waals surface area (Å²) < 4.78 is 5.98. The van der Waals surface area contributed by atoms with Gasteiger partial charge in [0, 0.05) is 51.0 Å². The van der Waals surface area contributed by atoms with E-state index in [2.05, 4.69) is 109 Å². The Balaban J connectivity index is 1.10. The highest BCUT2D eigenvalue weighted by Crippen LogP contribution is 2.40. The van der Waals surface area contributed by atoms with E-state index in [0.717, 1.165) is 50.2 Å². The van der Waals surface area contributed by atoms with E-state index in [-0.39, 0.29) is 5.69 Å². The molecule has 0 saturated carbocycles. The van der Waals surface area contributed by atoms with E-state index in [4.69, 9.17) is 9.97 Å². The van der Waals surface area contributed by atoms with Gasteiger partial charge in [-0.2, -0.15) is 0 Å². The van der Waals surface area contributed by atoms with Gasteiger partial charge in [-0.05, 0) is 52.6 Å². The van der Waals surface area contributed by atoms with Crippen LogP contribution in [0.3, 0.4) is 0 Å². The molecule has 49 heavy (non-hydrogen) atoms. The number of imidazole rings is 1. The smallest absolute Gasteiger partial charge is 0.295 e. The van der Waals surface area contributed by atoms with Crippen LogP contribution in [0.4, 0.5) is 0 Å². The number of rotatable bonds is 5. The number of fused-ring (bicyclic) bond motifs is 4. The van der Waals surface area contributed by atoms with E-state index in [0.29, 0.717) is 5.82 Å². The van der Waals surface area contributed by atoms with Crippen LogP contribution in [0.1, 0.15) is 0 Å². The van der Waals surface area contributed by atoms with Crippen LogP contribution in [0.25, 0.3) is 87.4 Å². The molecule has 0 spiro atoms. The average Bonchev–Trinajstić information content (AvgIpc) is 3.65. The van der Waals surface area contributed by atoms with Gasteiger partial charge in [0.05, 0.1) is 22.4 Å². The van der Waals surface area contributed by atoms with Crippen molar-refractivity contribution < 1.29 is 0 Å². The maximum Gasteiger partial charge on any atom is 0.328 e. The molecule has 0 fully saturated rings. The largest absolute Gasteiger partial charge is 0.328 e. The summed E-state index contributed by atoms with van der Waals surface area (Å²) in [4.78, 5) is 22.6. The van der Waals surface area contributed by atoms with Gasteiger partial charge in [-0.3, -0.25) is 9.13 Å². The lowest BCUT2D eigenvalue weighted by Crippen LogP contribution is -2.19. The van der Waals surface area contributed by atoms with Gasteiger partial charge in [0.25, 0.3) is 0 Å². The predicted molar refractivity (Wildman–Crippen MR) is 204 cm³/mol. The van der Waals surface area contributed by atoms with E-state index in [1.54, 1.807) is 16.2 Å². The standard InChI is InChI=1S/C43H30N4OS/c1-46-37-24-23-32(25-38(37)47(2)43(46)48)27-15-19-29(20-16-27)35-26-36(45-42(44-35)31-9-4-3-5-10-31)30-21-17-28(18-22-30)33-12-8-14-40-41(33)34-11-6-7-13-39(34)49-40/h3-26H,1-2H3. The van der Waals surface area contributed by atoms with E-state index in [9.17, 15) is 4.79 Å². The second-order valence-corrected chi connectivity index (χ2v) is 13.4. The summed E-state index contributed by atoms with van der Waals surface area (Å²) >= 11 is 1.84. The minimum absolute atomic E-state index is 0.0284. The minimum atomic E-state index is -0.0284. The maximum absolute atomic E-state index is 12.5. The van der Waals surface area contributed by atoms with Crippen molar-refractivity contribution in [2.45, 2.75) is 0 Å². The summed E-state index contributed by atoms with van der Waals surface area (Å²) in [6.07, 6.45) is 0. The van der Waals surface area contributed by atoms with E-state index < -0.39 is 0 Å². The van der Waals surface area contributed by atoms with Gasteiger partial charge in [0.2, 0.25) is 0 Å². The third kappa shape index (κ3) is 4.96. The van der Waals surface area contributed by atoms with Crippen molar-refractivity contribution in [2.75, 3.05) is 0 Å². The lowest BCUT2D eigenvalue weighted by molar-refractivity contribution is 0.795. The molecule has 0 unspecified atom stereocenters. The molecule has 5 nitrogen and oxygen atoms in total. The number of hydrogen-bond donors (Lipinski definition) is 0. The van der Waals surface area contributed by atoms with Gasteiger partial charge in [-0.1, -0.05) is 115 Å². The molecule has 0 aliphatic rings. The van der Waals surface area contributed by atoms with Gasteiger partial charge in [0.1, 0.15) is 0 Å². The van der Waals surface area contributed by atoms with Crippen molar-refractivity contribution in [1.82, 2.24) is 19.1 Å². The molecular formula is C43H30N4OS. The Kier molecular flexibility index (Phi) is 6.85. The summed E-state index contributed by atoms with van der Waals surface area (Å²) in [5, 5.41) is 2.61. The molecule has 0 amide bonds. The first-order valence-corrected chi connectivity index (χ1v) is 17.1. The molecule has 6 aromatic carbocycles. The summed E-state index contributed by atoms with van der Waals surface area (Å²) in [7, 11) is 3.62. The number of aromatic nitrogens is 4. The number of hydrogen-bond acceptors (Lipinski definition) is 4. The summed E-state index contributed by atoms with van der Waals surface area (Å²) in [6.45, 7) is 0. The molecule has 234 valence electrons. The summed E-state index contributed by atoms with van der Waals surface area (Å²) in [5.74, 6) is 0.686. The average molecular weight is 651 g/mol. The first kappa shape index (κ1) is 29.1. The van der Waals surface area contributed by atoms with Crippen molar-refractivity contribution in [3.63, 3.8) is 0 Å². The van der Waals surface area contributed by atoms with Gasteiger partial charge in [0.15, 0.2) is 5.82 Å². The Labute approximate surface area is 287 Å². The highest BCUT2D eigenvalue weighted by molar-refractivity contribution is 7.25. The van der Waals surface area contributed by atoms with Crippen LogP contribution in [-0.4, -0.2) is 19.1 Å². The third-order valence-corrected chi connectivity index (χ3v) is 10.6. The fourth-order valence-corrected chi connectivity index (χ4v) is 7.95. The summed E-state index contributed by atoms with van der Waals surface area (Å²) in [5.41, 5.74) is 11.1. The molecular weight excluding hydrogens is 621 g/mol. The third-order valence-electron chi connectivity index (χ3n) is 9.44. The van der Waals surface area contributed by atoms with Crippen LogP contribution in [0, 0.1) is 0 Å². The lowest BCUT2D eigenvalue weighted by atomic mass is 9.97. The molecule has 0 bridgehead atoms. The van der Waals surface area contributed by atoms with Crippen LogP contribution in [0.5, 0.6) is 0 Å². The number of nitrogens with zero attached hydrogens (tertiary/aromatic N) is 4. The number of aryl methyl sites for hydroxylation is 2. The Hall–Kier alpha value is -6.11. The second kappa shape index (κ2) is 11.5. The van der Waals surface area contributed by atoms with Crippen LogP contribution < -0.4 is 5.69 Å². The molecule has 3 heterocycles. The fourth-order valence-electron chi connectivity index (χ4n) is 6.81. The monoisotopic (exact) mass is 650 g/mol. The molecule has 6 heteroatoms. The zero-order valence-corrected chi connectivity index (χ0v) is 27.8. The van der Waals surface area contributed by atoms with E-state index >= 15 is 0 Å². The molecule has 9 rings (SSSR count). The first-order chi connectivity index (χ1) is 24.0. The van der Waals surface area contributed by atoms with Crippen LogP contribution in [-0.2, 0) is 14.1 Å². The Bertz CT molecular complexity index is 2740. The quantitative estimate of drug-likeness (QED) is 0.186. The molecule has 0 atom stereocenters. The van der Waals surface area contributed by atoms with Crippen molar-refractivity contribution >= 4 is 42.5 Å². The van der Waals surface area contributed by atoms with Crippen LogP contribution in [0.2, 0.25) is 0 Å². The maximum atomic E-state index is 12.5.